The fraction of sp³-hybridized carbons (Fsp3) is 0.615. The van der Waals surface area contributed by atoms with E-state index in [0.717, 1.165) is 92.8 Å². The highest BCUT2D eigenvalue weighted by Gasteiger charge is 2.56. The van der Waals surface area contributed by atoms with Crippen molar-refractivity contribution in [3.63, 3.8) is 0 Å². The number of fused-ring (bicyclic) bond motifs is 3. The van der Waals surface area contributed by atoms with Crippen LogP contribution in [0.1, 0.15) is 71.7 Å². The average molecular weight is 656 g/mol. The fourth-order valence-electron chi connectivity index (χ4n) is 8.91. The summed E-state index contributed by atoms with van der Waals surface area (Å²) in [6.45, 7) is 17.7. The molecule has 8 rings (SSSR count). The third-order valence-electron chi connectivity index (χ3n) is 12.3. The Hall–Kier alpha value is -3.30. The summed E-state index contributed by atoms with van der Waals surface area (Å²) in [5.41, 5.74) is 3.03. The molecule has 0 spiro atoms. The van der Waals surface area contributed by atoms with E-state index >= 15 is 0 Å². The van der Waals surface area contributed by atoms with E-state index in [-0.39, 0.29) is 11.4 Å². The summed E-state index contributed by atoms with van der Waals surface area (Å²) >= 11 is 0. The SMILES string of the molecule is CC1CCN(Cc2nc3cc(NC(=N[C@H]4C[C@@H]5C[C@H]([C@@H]4C)C5(C)C)N4CCN[C@@H](C)C4)ccc3c(=O)n2CCc2ccc(F)cc2)CC1. The molecule has 3 heterocycles. The maximum absolute atomic E-state index is 14.1. The van der Waals surface area contributed by atoms with E-state index in [1.54, 1.807) is 12.1 Å². The minimum Gasteiger partial charge on any atom is -0.340 e. The lowest BCUT2D eigenvalue weighted by molar-refractivity contribution is -0.108. The van der Waals surface area contributed by atoms with Crippen LogP contribution in [0.3, 0.4) is 0 Å². The first kappa shape index (κ1) is 33.2. The molecule has 1 aromatic heterocycles. The number of anilines is 1. The van der Waals surface area contributed by atoms with E-state index in [9.17, 15) is 9.18 Å². The van der Waals surface area contributed by atoms with Gasteiger partial charge in [-0.3, -0.25) is 14.3 Å². The number of guanidine groups is 1. The van der Waals surface area contributed by atoms with Crippen LogP contribution in [0.2, 0.25) is 0 Å². The third-order valence-corrected chi connectivity index (χ3v) is 12.3. The predicted molar refractivity (Wildman–Crippen MR) is 193 cm³/mol. The number of likely N-dealkylation sites (tertiary alicyclic amines) is 1. The number of halogens is 1. The third kappa shape index (κ3) is 6.77. The van der Waals surface area contributed by atoms with Crippen LogP contribution in [-0.4, -0.2) is 70.1 Å². The number of aryl methyl sites for hydroxylation is 1. The van der Waals surface area contributed by atoms with Gasteiger partial charge in [-0.25, -0.2) is 14.4 Å². The molecule has 8 nitrogen and oxygen atoms in total. The summed E-state index contributed by atoms with van der Waals surface area (Å²) in [5.74, 6) is 4.23. The van der Waals surface area contributed by atoms with Crippen LogP contribution in [0.25, 0.3) is 10.9 Å². The van der Waals surface area contributed by atoms with Crippen molar-refractivity contribution in [3.8, 4) is 0 Å². The molecule has 5 fully saturated rings. The monoisotopic (exact) mass is 655 g/mol. The van der Waals surface area contributed by atoms with Crippen LogP contribution in [0.15, 0.2) is 52.3 Å². The lowest BCUT2D eigenvalue weighted by Gasteiger charge is -2.61. The van der Waals surface area contributed by atoms with Crippen molar-refractivity contribution < 1.29 is 4.39 Å². The molecule has 2 aromatic carbocycles. The molecule has 2 bridgehead atoms. The van der Waals surface area contributed by atoms with Crippen molar-refractivity contribution in [1.29, 1.82) is 0 Å². The molecule has 5 aliphatic rings. The van der Waals surface area contributed by atoms with Crippen LogP contribution in [0.4, 0.5) is 10.1 Å². The highest BCUT2D eigenvalue weighted by atomic mass is 19.1. The molecule has 2 saturated heterocycles. The largest absolute Gasteiger partial charge is 0.340 e. The van der Waals surface area contributed by atoms with Gasteiger partial charge in [-0.1, -0.05) is 39.8 Å². The molecular weight excluding hydrogens is 601 g/mol. The first-order valence-corrected chi connectivity index (χ1v) is 18.4. The van der Waals surface area contributed by atoms with Gasteiger partial charge >= 0.3 is 0 Å². The Balaban J connectivity index is 1.20. The van der Waals surface area contributed by atoms with Gasteiger partial charge in [-0.2, -0.15) is 0 Å². The van der Waals surface area contributed by atoms with Gasteiger partial charge in [0.2, 0.25) is 0 Å². The van der Waals surface area contributed by atoms with Gasteiger partial charge in [-0.05, 0) is 117 Å². The molecule has 0 amide bonds. The fourth-order valence-corrected chi connectivity index (χ4v) is 8.91. The van der Waals surface area contributed by atoms with Crippen molar-refractivity contribution >= 4 is 22.5 Å². The lowest BCUT2D eigenvalue weighted by atomic mass is 9.45. The molecule has 9 heteroatoms. The number of aliphatic imine (C=N–C) groups is 1. The van der Waals surface area contributed by atoms with Crippen LogP contribution < -0.4 is 16.2 Å². The summed E-state index contributed by atoms with van der Waals surface area (Å²) in [6.07, 6.45) is 5.44. The van der Waals surface area contributed by atoms with Crippen molar-refractivity contribution in [1.82, 2.24) is 24.7 Å². The van der Waals surface area contributed by atoms with E-state index in [1.165, 1.54) is 18.6 Å². The number of piperidine rings is 1. The first-order valence-electron chi connectivity index (χ1n) is 18.4. The van der Waals surface area contributed by atoms with Gasteiger partial charge in [0.1, 0.15) is 11.6 Å². The van der Waals surface area contributed by atoms with Crippen molar-refractivity contribution in [2.45, 2.75) is 91.9 Å². The van der Waals surface area contributed by atoms with Gasteiger partial charge in [0.05, 0.1) is 23.5 Å². The van der Waals surface area contributed by atoms with Gasteiger partial charge in [0.15, 0.2) is 5.96 Å². The molecular formula is C39H54FN7O. The minimum absolute atomic E-state index is 0.0169. The second-order valence-corrected chi connectivity index (χ2v) is 16.0. The van der Waals surface area contributed by atoms with Crippen LogP contribution >= 0.6 is 0 Å². The molecule has 3 saturated carbocycles. The Morgan fingerprint density at radius 2 is 1.83 bits per heavy atom. The summed E-state index contributed by atoms with van der Waals surface area (Å²) in [4.78, 5) is 29.6. The number of nitrogens with zero attached hydrogens (tertiary/aromatic N) is 5. The van der Waals surface area contributed by atoms with E-state index in [0.29, 0.717) is 53.8 Å². The minimum atomic E-state index is -0.249. The highest BCUT2D eigenvalue weighted by molar-refractivity contribution is 5.96. The van der Waals surface area contributed by atoms with Crippen LogP contribution in [-0.2, 0) is 19.5 Å². The van der Waals surface area contributed by atoms with E-state index in [4.69, 9.17) is 9.98 Å². The molecule has 0 radical (unpaired) electrons. The van der Waals surface area contributed by atoms with Gasteiger partial charge in [-0.15, -0.1) is 0 Å². The molecule has 3 aliphatic carbocycles. The molecule has 2 N–H and O–H groups in total. The topological polar surface area (TPSA) is 77.8 Å². The lowest BCUT2D eigenvalue weighted by Crippen LogP contribution is -2.57. The van der Waals surface area contributed by atoms with Crippen molar-refractivity contribution in [2.24, 2.45) is 34.1 Å². The Kier molecular flexibility index (Phi) is 9.37. The Morgan fingerprint density at radius 1 is 1.06 bits per heavy atom. The highest BCUT2D eigenvalue weighted by Crippen LogP contribution is 2.61. The van der Waals surface area contributed by atoms with Gasteiger partial charge < -0.3 is 15.5 Å². The van der Waals surface area contributed by atoms with Crippen LogP contribution in [0, 0.1) is 34.9 Å². The zero-order chi connectivity index (χ0) is 33.6. The van der Waals surface area contributed by atoms with E-state index < -0.39 is 0 Å². The number of nitrogens with one attached hydrogen (secondary N) is 2. The first-order chi connectivity index (χ1) is 23.0. The molecule has 3 aromatic rings. The molecule has 0 unspecified atom stereocenters. The second-order valence-electron chi connectivity index (χ2n) is 16.0. The van der Waals surface area contributed by atoms with Gasteiger partial charge in [0, 0.05) is 37.9 Å². The molecule has 2 aliphatic heterocycles. The Bertz CT molecular complexity index is 1690. The summed E-state index contributed by atoms with van der Waals surface area (Å²) < 4.78 is 15.4. The average Bonchev–Trinajstić information content (AvgIpc) is 3.06. The number of piperazine rings is 1. The maximum atomic E-state index is 14.1. The standard InChI is InChI=1S/C39H54FN7O/c1-25-12-16-45(17-13-25)24-36-43-35-22-31(10-11-32(35)37(48)47(36)18-14-28-6-8-30(40)9-7-28)42-38(46-19-15-41-26(2)23-46)44-34-21-29-20-33(27(34)3)39(29,4)5/h6-11,22,25-27,29,33-34,41H,12-21,23-24H2,1-5H3,(H,42,44)/t26-,27-,29-,33+,34-/m0/s1. The molecule has 48 heavy (non-hydrogen) atoms. The smallest absolute Gasteiger partial charge is 0.261 e. The van der Waals surface area contributed by atoms with Crippen LogP contribution in [0.5, 0.6) is 0 Å². The number of hydrogen-bond donors (Lipinski definition) is 2. The summed E-state index contributed by atoms with van der Waals surface area (Å²) in [7, 11) is 0. The zero-order valence-electron chi connectivity index (χ0n) is 29.5. The van der Waals surface area contributed by atoms with Crippen molar-refractivity contribution in [2.75, 3.05) is 38.0 Å². The second kappa shape index (κ2) is 13.5. The summed E-state index contributed by atoms with van der Waals surface area (Å²) in [6, 6.07) is 13.2. The van der Waals surface area contributed by atoms with Crippen molar-refractivity contribution in [3.05, 3.63) is 70.0 Å². The Labute approximate surface area is 285 Å². The van der Waals surface area contributed by atoms with E-state index in [2.05, 4.69) is 55.1 Å². The zero-order valence-corrected chi connectivity index (χ0v) is 29.5. The van der Waals surface area contributed by atoms with E-state index in [1.807, 2.05) is 22.8 Å². The number of benzene rings is 2. The number of aromatic nitrogens is 2. The number of rotatable bonds is 7. The normalized spacial score (nSPS) is 28.0. The molecule has 5 atom stereocenters. The maximum Gasteiger partial charge on any atom is 0.261 e. The summed E-state index contributed by atoms with van der Waals surface area (Å²) in [5, 5.41) is 7.92. The molecule has 258 valence electrons. The Morgan fingerprint density at radius 3 is 2.54 bits per heavy atom. The quantitative estimate of drug-likeness (QED) is 0.235. The number of hydrogen-bond acceptors (Lipinski definition) is 5. The predicted octanol–water partition coefficient (Wildman–Crippen LogP) is 6.14. The van der Waals surface area contributed by atoms with Gasteiger partial charge in [0.25, 0.3) is 5.56 Å².